The average Bonchev–Trinajstić information content (AvgIpc) is 3.07. The summed E-state index contributed by atoms with van der Waals surface area (Å²) in [6, 6.07) is 4.16. The van der Waals surface area contributed by atoms with Crippen LogP contribution in [0.5, 0.6) is 0 Å². The Morgan fingerprint density at radius 2 is 2.32 bits per heavy atom. The summed E-state index contributed by atoms with van der Waals surface area (Å²) in [5.74, 6) is 1.00. The highest BCUT2D eigenvalue weighted by Crippen LogP contribution is 2.11. The van der Waals surface area contributed by atoms with Crippen LogP contribution in [0.4, 0.5) is 0 Å². The summed E-state index contributed by atoms with van der Waals surface area (Å²) in [6.45, 7) is 0.693. The average molecular weight is 278 g/mol. The van der Waals surface area contributed by atoms with Crippen molar-refractivity contribution in [3.8, 4) is 0 Å². The fraction of sp³-hybridized carbons (Fsp3) is 0.462. The van der Waals surface area contributed by atoms with Crippen molar-refractivity contribution < 1.29 is 4.79 Å². The Labute approximate surface area is 116 Å². The summed E-state index contributed by atoms with van der Waals surface area (Å²) < 4.78 is 0. The summed E-state index contributed by atoms with van der Waals surface area (Å²) in [5, 5.41) is 11.6. The molecule has 0 saturated carbocycles. The van der Waals surface area contributed by atoms with Gasteiger partial charge in [0.25, 0.3) is 0 Å². The summed E-state index contributed by atoms with van der Waals surface area (Å²) in [5.41, 5.74) is 0. The van der Waals surface area contributed by atoms with E-state index in [-0.39, 0.29) is 5.91 Å². The standard InChI is InChI=1S/C13H18N4OS/c18-13(7-1-4-11-5-3-9-19-11)14-8-2-6-12-15-10-16-17-12/h3,5,9-10H,1-2,4,6-8H2,(H,14,18)(H,15,16,17). The molecule has 0 unspecified atom stereocenters. The normalized spacial score (nSPS) is 10.5. The lowest BCUT2D eigenvalue weighted by molar-refractivity contribution is -0.121. The van der Waals surface area contributed by atoms with E-state index in [2.05, 4.69) is 31.9 Å². The molecule has 0 aromatic carbocycles. The third kappa shape index (κ3) is 5.21. The molecule has 2 aromatic rings. The molecule has 19 heavy (non-hydrogen) atoms. The quantitative estimate of drug-likeness (QED) is 0.725. The third-order valence-corrected chi connectivity index (χ3v) is 3.72. The van der Waals surface area contributed by atoms with E-state index >= 15 is 0 Å². The Balaban J connectivity index is 1.50. The highest BCUT2D eigenvalue weighted by atomic mass is 32.1. The molecule has 0 aliphatic rings. The lowest BCUT2D eigenvalue weighted by atomic mass is 10.2. The topological polar surface area (TPSA) is 70.7 Å². The lowest BCUT2D eigenvalue weighted by Crippen LogP contribution is -2.24. The molecule has 0 spiro atoms. The van der Waals surface area contributed by atoms with Crippen molar-refractivity contribution >= 4 is 17.2 Å². The Morgan fingerprint density at radius 1 is 1.37 bits per heavy atom. The number of rotatable bonds is 8. The molecule has 2 N–H and O–H groups in total. The van der Waals surface area contributed by atoms with Crippen LogP contribution >= 0.6 is 11.3 Å². The minimum atomic E-state index is 0.133. The summed E-state index contributed by atoms with van der Waals surface area (Å²) in [7, 11) is 0. The maximum atomic E-state index is 11.6. The first-order valence-corrected chi connectivity index (χ1v) is 7.36. The van der Waals surface area contributed by atoms with E-state index in [0.717, 1.165) is 31.5 Å². The van der Waals surface area contributed by atoms with Crippen LogP contribution < -0.4 is 5.32 Å². The molecular weight excluding hydrogens is 260 g/mol. The fourth-order valence-electron chi connectivity index (χ4n) is 1.80. The largest absolute Gasteiger partial charge is 0.356 e. The lowest BCUT2D eigenvalue weighted by Gasteiger charge is -2.03. The Kier molecular flexibility index (Phi) is 5.55. The predicted octanol–water partition coefficient (Wildman–Crippen LogP) is 1.94. The molecule has 0 atom stereocenters. The van der Waals surface area contributed by atoms with E-state index in [1.807, 2.05) is 6.07 Å². The fourth-order valence-corrected chi connectivity index (χ4v) is 2.55. The molecule has 102 valence electrons. The van der Waals surface area contributed by atoms with Crippen molar-refractivity contribution in [2.75, 3.05) is 6.54 Å². The molecule has 0 saturated heterocycles. The number of nitrogens with one attached hydrogen (secondary N) is 2. The number of amides is 1. The first-order chi connectivity index (χ1) is 9.34. The van der Waals surface area contributed by atoms with Gasteiger partial charge in [0.1, 0.15) is 12.2 Å². The molecule has 1 amide bonds. The van der Waals surface area contributed by atoms with Crippen LogP contribution in [0.2, 0.25) is 0 Å². The molecule has 6 heteroatoms. The second-order valence-corrected chi connectivity index (χ2v) is 5.35. The van der Waals surface area contributed by atoms with Gasteiger partial charge in [0.15, 0.2) is 0 Å². The molecule has 0 bridgehead atoms. The maximum absolute atomic E-state index is 11.6. The van der Waals surface area contributed by atoms with Crippen LogP contribution in [0, 0.1) is 0 Å². The number of thiophene rings is 1. The Bertz CT molecular complexity index is 467. The van der Waals surface area contributed by atoms with Crippen molar-refractivity contribution in [1.29, 1.82) is 0 Å². The molecule has 2 heterocycles. The van der Waals surface area contributed by atoms with Crippen LogP contribution in [0.3, 0.4) is 0 Å². The monoisotopic (exact) mass is 278 g/mol. The second kappa shape index (κ2) is 7.68. The zero-order chi connectivity index (χ0) is 13.3. The maximum Gasteiger partial charge on any atom is 0.220 e. The molecule has 0 radical (unpaired) electrons. The molecular formula is C13H18N4OS. The first-order valence-electron chi connectivity index (χ1n) is 6.48. The summed E-state index contributed by atoms with van der Waals surface area (Å²) in [4.78, 5) is 17.0. The number of hydrogen-bond acceptors (Lipinski definition) is 4. The van der Waals surface area contributed by atoms with Gasteiger partial charge in [0.2, 0.25) is 5.91 Å². The molecule has 0 aliphatic heterocycles. The van der Waals surface area contributed by atoms with Crippen LogP contribution in [0.25, 0.3) is 0 Å². The number of nitrogens with zero attached hydrogens (tertiary/aromatic N) is 2. The SMILES string of the molecule is O=C(CCCc1cccs1)NCCCc1ncn[nH]1. The third-order valence-electron chi connectivity index (χ3n) is 2.78. The number of carbonyl (C=O) groups is 1. The zero-order valence-corrected chi connectivity index (χ0v) is 11.6. The van der Waals surface area contributed by atoms with Crippen LogP contribution in [0.15, 0.2) is 23.8 Å². The molecule has 0 fully saturated rings. The summed E-state index contributed by atoms with van der Waals surface area (Å²) >= 11 is 1.75. The van der Waals surface area contributed by atoms with Gasteiger partial charge in [-0.15, -0.1) is 11.3 Å². The Hall–Kier alpha value is -1.69. The number of aromatic nitrogens is 3. The van der Waals surface area contributed by atoms with Gasteiger partial charge >= 0.3 is 0 Å². The number of hydrogen-bond donors (Lipinski definition) is 2. The van der Waals surface area contributed by atoms with E-state index in [1.54, 1.807) is 11.3 Å². The molecule has 0 aliphatic carbocycles. The van der Waals surface area contributed by atoms with E-state index in [1.165, 1.54) is 11.2 Å². The molecule has 5 nitrogen and oxygen atoms in total. The first kappa shape index (κ1) is 13.7. The van der Waals surface area contributed by atoms with Gasteiger partial charge in [-0.2, -0.15) is 5.10 Å². The second-order valence-electron chi connectivity index (χ2n) is 4.32. The van der Waals surface area contributed by atoms with Crippen LogP contribution in [0.1, 0.15) is 30.0 Å². The molecule has 2 aromatic heterocycles. The van der Waals surface area contributed by atoms with Gasteiger partial charge in [-0.25, -0.2) is 4.98 Å². The van der Waals surface area contributed by atoms with Gasteiger partial charge in [-0.3, -0.25) is 9.89 Å². The Morgan fingerprint density at radius 3 is 3.05 bits per heavy atom. The van der Waals surface area contributed by atoms with E-state index in [9.17, 15) is 4.79 Å². The van der Waals surface area contributed by atoms with Gasteiger partial charge in [0.05, 0.1) is 0 Å². The van der Waals surface area contributed by atoms with Gasteiger partial charge < -0.3 is 5.32 Å². The van der Waals surface area contributed by atoms with Crippen molar-refractivity contribution in [2.24, 2.45) is 0 Å². The van der Waals surface area contributed by atoms with E-state index in [4.69, 9.17) is 0 Å². The number of carbonyl (C=O) groups excluding carboxylic acids is 1. The molecule has 2 rings (SSSR count). The smallest absolute Gasteiger partial charge is 0.220 e. The van der Waals surface area contributed by atoms with E-state index in [0.29, 0.717) is 13.0 Å². The van der Waals surface area contributed by atoms with Gasteiger partial charge in [-0.1, -0.05) is 6.07 Å². The van der Waals surface area contributed by atoms with Crippen molar-refractivity contribution in [1.82, 2.24) is 20.5 Å². The minimum absolute atomic E-state index is 0.133. The van der Waals surface area contributed by atoms with Gasteiger partial charge in [0, 0.05) is 24.3 Å². The highest BCUT2D eigenvalue weighted by molar-refractivity contribution is 7.09. The minimum Gasteiger partial charge on any atom is -0.356 e. The zero-order valence-electron chi connectivity index (χ0n) is 10.8. The number of aryl methyl sites for hydroxylation is 2. The van der Waals surface area contributed by atoms with Crippen molar-refractivity contribution in [3.63, 3.8) is 0 Å². The van der Waals surface area contributed by atoms with Crippen LogP contribution in [-0.2, 0) is 17.6 Å². The highest BCUT2D eigenvalue weighted by Gasteiger charge is 2.02. The van der Waals surface area contributed by atoms with Gasteiger partial charge in [-0.05, 0) is 30.7 Å². The van der Waals surface area contributed by atoms with Crippen molar-refractivity contribution in [3.05, 3.63) is 34.5 Å². The van der Waals surface area contributed by atoms with Crippen LogP contribution in [-0.4, -0.2) is 27.6 Å². The number of H-pyrrole nitrogens is 1. The predicted molar refractivity (Wildman–Crippen MR) is 75.0 cm³/mol. The van der Waals surface area contributed by atoms with Crippen molar-refractivity contribution in [2.45, 2.75) is 32.1 Å². The summed E-state index contributed by atoms with van der Waals surface area (Å²) in [6.07, 6.45) is 5.69. The van der Waals surface area contributed by atoms with E-state index < -0.39 is 0 Å². The number of aromatic amines is 1.